The van der Waals surface area contributed by atoms with Gasteiger partial charge in [-0.2, -0.15) is 0 Å². The zero-order valence-electron chi connectivity index (χ0n) is 14.1. The number of rotatable bonds is 3. The fourth-order valence-corrected chi connectivity index (χ4v) is 3.57. The van der Waals surface area contributed by atoms with E-state index >= 15 is 0 Å². The zero-order valence-corrected chi connectivity index (χ0v) is 15.0. The number of hydrogen-bond donors (Lipinski definition) is 1. The third-order valence-corrected chi connectivity index (χ3v) is 4.83. The summed E-state index contributed by atoms with van der Waals surface area (Å²) >= 11 is 1.60. The predicted octanol–water partition coefficient (Wildman–Crippen LogP) is 4.18. The molecule has 23 heavy (non-hydrogen) atoms. The first kappa shape index (κ1) is 16.0. The van der Waals surface area contributed by atoms with E-state index in [1.807, 2.05) is 11.9 Å². The molecule has 122 valence electrons. The molecule has 0 saturated carbocycles. The zero-order chi connectivity index (χ0) is 16.6. The fraction of sp³-hybridized carbons (Fsp3) is 0.444. The number of carbonyl (C=O) groups excluding carboxylic acids is 1. The Labute approximate surface area is 141 Å². The summed E-state index contributed by atoms with van der Waals surface area (Å²) < 4.78 is 0. The summed E-state index contributed by atoms with van der Waals surface area (Å²) in [5, 5.41) is 6.05. The molecule has 0 aliphatic carbocycles. The van der Waals surface area contributed by atoms with Gasteiger partial charge >= 0.3 is 0 Å². The van der Waals surface area contributed by atoms with Crippen molar-refractivity contribution in [2.75, 3.05) is 23.8 Å². The number of carbonyl (C=O) groups is 1. The first-order valence-corrected chi connectivity index (χ1v) is 8.82. The van der Waals surface area contributed by atoms with Crippen LogP contribution in [0.4, 0.5) is 10.8 Å². The van der Waals surface area contributed by atoms with Crippen molar-refractivity contribution < 1.29 is 4.79 Å². The van der Waals surface area contributed by atoms with Gasteiger partial charge in [0.15, 0.2) is 5.13 Å². The van der Waals surface area contributed by atoms with Crippen LogP contribution < -0.4 is 10.2 Å². The van der Waals surface area contributed by atoms with Gasteiger partial charge in [-0.1, -0.05) is 26.8 Å². The highest BCUT2D eigenvalue weighted by molar-refractivity contribution is 7.14. The van der Waals surface area contributed by atoms with Gasteiger partial charge in [0.2, 0.25) is 5.91 Å². The maximum atomic E-state index is 12.5. The lowest BCUT2D eigenvalue weighted by Gasteiger charge is -2.23. The Balaban J connectivity index is 1.84. The molecule has 0 saturated heterocycles. The fourth-order valence-electron chi connectivity index (χ4n) is 2.89. The van der Waals surface area contributed by atoms with Crippen LogP contribution in [-0.4, -0.2) is 24.5 Å². The minimum absolute atomic E-state index is 0.0178. The number of nitrogens with zero attached hydrogens (tertiary/aromatic N) is 2. The van der Waals surface area contributed by atoms with Gasteiger partial charge in [0, 0.05) is 36.6 Å². The number of aromatic nitrogens is 1. The van der Waals surface area contributed by atoms with Gasteiger partial charge in [0.1, 0.15) is 0 Å². The van der Waals surface area contributed by atoms with Gasteiger partial charge in [-0.25, -0.2) is 4.98 Å². The lowest BCUT2D eigenvalue weighted by Crippen LogP contribution is -2.31. The molecule has 0 fully saturated rings. The van der Waals surface area contributed by atoms with E-state index in [9.17, 15) is 4.79 Å². The van der Waals surface area contributed by atoms with Crippen LogP contribution in [0.15, 0.2) is 23.6 Å². The number of hydrogen-bond acceptors (Lipinski definition) is 4. The molecule has 0 spiro atoms. The molecule has 2 aromatic rings. The molecule has 3 rings (SSSR count). The predicted molar refractivity (Wildman–Crippen MR) is 97.2 cm³/mol. The SMILES string of the molecule is CNc1nc(-c2ccc3c(c2)CCN3C(=O)CC(C)(C)C)cs1. The summed E-state index contributed by atoms with van der Waals surface area (Å²) in [6, 6.07) is 6.31. The Morgan fingerprint density at radius 2 is 2.17 bits per heavy atom. The first-order valence-electron chi connectivity index (χ1n) is 7.94. The van der Waals surface area contributed by atoms with Crippen LogP contribution in [0.25, 0.3) is 11.3 Å². The van der Waals surface area contributed by atoms with Crippen LogP contribution in [0.5, 0.6) is 0 Å². The maximum absolute atomic E-state index is 12.5. The molecule has 1 N–H and O–H groups in total. The summed E-state index contributed by atoms with van der Waals surface area (Å²) in [6.45, 7) is 7.10. The lowest BCUT2D eigenvalue weighted by atomic mass is 9.91. The van der Waals surface area contributed by atoms with E-state index in [0.717, 1.165) is 35.0 Å². The maximum Gasteiger partial charge on any atom is 0.227 e. The summed E-state index contributed by atoms with van der Waals surface area (Å²) in [7, 11) is 1.88. The van der Waals surface area contributed by atoms with Crippen LogP contribution in [-0.2, 0) is 11.2 Å². The number of thiazole rings is 1. The van der Waals surface area contributed by atoms with E-state index in [4.69, 9.17) is 0 Å². The number of nitrogens with one attached hydrogen (secondary N) is 1. The first-order chi connectivity index (χ1) is 10.9. The highest BCUT2D eigenvalue weighted by Crippen LogP contribution is 2.34. The van der Waals surface area contributed by atoms with E-state index in [0.29, 0.717) is 6.42 Å². The van der Waals surface area contributed by atoms with Crippen molar-refractivity contribution in [3.05, 3.63) is 29.1 Å². The third kappa shape index (κ3) is 3.39. The molecule has 1 aliphatic rings. The summed E-state index contributed by atoms with van der Waals surface area (Å²) in [5.41, 5.74) is 4.42. The number of benzene rings is 1. The molecule has 0 radical (unpaired) electrons. The van der Waals surface area contributed by atoms with Crippen molar-refractivity contribution >= 4 is 28.1 Å². The second-order valence-electron chi connectivity index (χ2n) is 7.16. The normalized spacial score (nSPS) is 14.0. The van der Waals surface area contributed by atoms with E-state index in [1.165, 1.54) is 5.56 Å². The van der Waals surface area contributed by atoms with Crippen molar-refractivity contribution in [1.82, 2.24) is 4.98 Å². The molecule has 2 heterocycles. The van der Waals surface area contributed by atoms with Crippen molar-refractivity contribution in [3.8, 4) is 11.3 Å². The number of anilines is 2. The van der Waals surface area contributed by atoms with Gasteiger partial charge in [-0.3, -0.25) is 4.79 Å². The van der Waals surface area contributed by atoms with E-state index in [-0.39, 0.29) is 11.3 Å². The van der Waals surface area contributed by atoms with Crippen molar-refractivity contribution in [2.24, 2.45) is 5.41 Å². The summed E-state index contributed by atoms with van der Waals surface area (Å²) in [5.74, 6) is 0.218. The Morgan fingerprint density at radius 3 is 2.83 bits per heavy atom. The third-order valence-electron chi connectivity index (χ3n) is 3.97. The second-order valence-corrected chi connectivity index (χ2v) is 8.02. The molecule has 1 aliphatic heterocycles. The minimum Gasteiger partial charge on any atom is -0.365 e. The Hall–Kier alpha value is -1.88. The Bertz CT molecular complexity index is 730. The van der Waals surface area contributed by atoms with Gasteiger partial charge < -0.3 is 10.2 Å². The van der Waals surface area contributed by atoms with Crippen LogP contribution in [0, 0.1) is 5.41 Å². The molecule has 4 nitrogen and oxygen atoms in total. The molecule has 1 amide bonds. The topological polar surface area (TPSA) is 45.2 Å². The van der Waals surface area contributed by atoms with Crippen molar-refractivity contribution in [2.45, 2.75) is 33.6 Å². The smallest absolute Gasteiger partial charge is 0.227 e. The summed E-state index contributed by atoms with van der Waals surface area (Å²) in [6.07, 6.45) is 1.49. The molecule has 5 heteroatoms. The van der Waals surface area contributed by atoms with Crippen LogP contribution in [0.3, 0.4) is 0 Å². The van der Waals surface area contributed by atoms with Crippen LogP contribution >= 0.6 is 11.3 Å². The molecular formula is C18H23N3OS. The average Bonchev–Trinajstić information content (AvgIpc) is 3.11. The van der Waals surface area contributed by atoms with Crippen LogP contribution in [0.1, 0.15) is 32.8 Å². The number of amides is 1. The lowest BCUT2D eigenvalue weighted by molar-refractivity contribution is -0.120. The monoisotopic (exact) mass is 329 g/mol. The van der Waals surface area contributed by atoms with Crippen molar-refractivity contribution in [3.63, 3.8) is 0 Å². The molecule has 0 bridgehead atoms. The van der Waals surface area contributed by atoms with E-state index in [2.05, 4.69) is 54.7 Å². The quantitative estimate of drug-likeness (QED) is 0.919. The molecular weight excluding hydrogens is 306 g/mol. The minimum atomic E-state index is 0.0178. The van der Waals surface area contributed by atoms with E-state index < -0.39 is 0 Å². The average molecular weight is 329 g/mol. The van der Waals surface area contributed by atoms with Crippen molar-refractivity contribution in [1.29, 1.82) is 0 Å². The standard InChI is InChI=1S/C18H23N3OS/c1-18(2,3)10-16(22)21-8-7-13-9-12(5-6-15(13)21)14-11-23-17(19-4)20-14/h5-6,9,11H,7-8,10H2,1-4H3,(H,19,20). The largest absolute Gasteiger partial charge is 0.365 e. The Morgan fingerprint density at radius 1 is 1.39 bits per heavy atom. The molecule has 0 unspecified atom stereocenters. The van der Waals surface area contributed by atoms with E-state index in [1.54, 1.807) is 11.3 Å². The summed E-state index contributed by atoms with van der Waals surface area (Å²) in [4.78, 5) is 19.0. The second kappa shape index (κ2) is 5.96. The van der Waals surface area contributed by atoms with Gasteiger partial charge in [-0.15, -0.1) is 11.3 Å². The number of fused-ring (bicyclic) bond motifs is 1. The van der Waals surface area contributed by atoms with Gasteiger partial charge in [0.05, 0.1) is 5.69 Å². The highest BCUT2D eigenvalue weighted by Gasteiger charge is 2.27. The Kier molecular flexibility index (Phi) is 4.15. The van der Waals surface area contributed by atoms with Crippen LogP contribution in [0.2, 0.25) is 0 Å². The highest BCUT2D eigenvalue weighted by atomic mass is 32.1. The molecule has 1 aromatic carbocycles. The van der Waals surface area contributed by atoms with Gasteiger partial charge in [0.25, 0.3) is 0 Å². The van der Waals surface area contributed by atoms with Gasteiger partial charge in [-0.05, 0) is 29.5 Å². The molecule has 1 aromatic heterocycles. The molecule has 0 atom stereocenters.